The molecule has 0 aromatic carbocycles. The summed E-state index contributed by atoms with van der Waals surface area (Å²) >= 11 is 0. The Morgan fingerprint density at radius 1 is 0.867 bits per heavy atom. The normalized spacial score (nSPS) is 11.5. The van der Waals surface area contributed by atoms with Crippen LogP contribution in [-0.4, -0.2) is 51.8 Å². The highest BCUT2D eigenvalue weighted by molar-refractivity contribution is 5.86. The maximum Gasteiger partial charge on any atom is 0.410 e. The van der Waals surface area contributed by atoms with E-state index in [2.05, 4.69) is 23.7 Å². The Balaban J connectivity index is 4.73. The van der Waals surface area contributed by atoms with Crippen LogP contribution in [0.5, 0.6) is 0 Å². The van der Waals surface area contributed by atoms with Crippen molar-refractivity contribution in [3.05, 3.63) is 23.3 Å². The van der Waals surface area contributed by atoms with Crippen LogP contribution in [0.25, 0.3) is 0 Å². The van der Waals surface area contributed by atoms with Gasteiger partial charge in [0, 0.05) is 37.1 Å². The first kappa shape index (κ1) is 26.8. The zero-order chi connectivity index (χ0) is 23.2. The Bertz CT molecular complexity index is 740. The van der Waals surface area contributed by atoms with Gasteiger partial charge in [-0.05, 0) is 59.6 Å². The van der Waals surface area contributed by atoms with Crippen LogP contribution in [0.15, 0.2) is 23.3 Å². The van der Waals surface area contributed by atoms with E-state index in [1.807, 2.05) is 0 Å². The molecule has 0 aliphatic carbocycles. The average molecular weight is 418 g/mol. The molecule has 0 unspecified atom stereocenters. The van der Waals surface area contributed by atoms with Gasteiger partial charge >= 0.3 is 18.0 Å². The van der Waals surface area contributed by atoms with Gasteiger partial charge in [-0.3, -0.25) is 0 Å². The molecule has 0 aromatic rings. The molecule has 0 saturated heterocycles. The van der Waals surface area contributed by atoms with E-state index in [9.17, 15) is 14.4 Å². The highest BCUT2D eigenvalue weighted by Crippen LogP contribution is 2.11. The predicted octanol–water partition coefficient (Wildman–Crippen LogP) is 3.85. The topological polar surface area (TPSA) is 104 Å². The fourth-order valence-corrected chi connectivity index (χ4v) is 1.92. The van der Waals surface area contributed by atoms with E-state index < -0.39 is 23.6 Å². The number of hydrogen-bond acceptors (Lipinski definition) is 4. The van der Waals surface area contributed by atoms with Crippen molar-refractivity contribution in [1.29, 1.82) is 0 Å². The molecule has 0 radical (unpaired) electrons. The van der Waals surface area contributed by atoms with Crippen LogP contribution in [0, 0.1) is 23.7 Å². The van der Waals surface area contributed by atoms with Crippen LogP contribution in [0.4, 0.5) is 4.79 Å². The molecule has 0 aromatic heterocycles. The van der Waals surface area contributed by atoms with Gasteiger partial charge in [0.2, 0.25) is 0 Å². The highest BCUT2D eigenvalue weighted by atomic mass is 16.6. The lowest BCUT2D eigenvalue weighted by Crippen LogP contribution is -2.38. The molecule has 0 bridgehead atoms. The van der Waals surface area contributed by atoms with E-state index in [1.165, 1.54) is 26.0 Å². The standard InChI is InChI=1S/C23H31NO6/c1-18(20(25)26)14-10-6-8-12-16-24(22(29)30-23(3,4)5)17-13-9-7-11-15-19(2)21(27)28/h14-15H,8-9,12-13,16-17H2,1-5H3,(H,25,26)(H,27,28)/b18-14-,19-15-. The molecule has 0 rings (SSSR count). The number of amides is 1. The smallest absolute Gasteiger partial charge is 0.410 e. The Morgan fingerprint density at radius 3 is 1.60 bits per heavy atom. The van der Waals surface area contributed by atoms with Gasteiger partial charge in [-0.25, -0.2) is 14.4 Å². The summed E-state index contributed by atoms with van der Waals surface area (Å²) in [5, 5.41) is 17.5. The van der Waals surface area contributed by atoms with Crippen LogP contribution in [0.2, 0.25) is 0 Å². The monoisotopic (exact) mass is 417 g/mol. The first-order valence-corrected chi connectivity index (χ1v) is 9.69. The number of carboxylic acids is 2. The van der Waals surface area contributed by atoms with E-state index >= 15 is 0 Å². The number of carbonyl (C=O) groups excluding carboxylic acids is 1. The summed E-state index contributed by atoms with van der Waals surface area (Å²) in [6.07, 6.45) is 4.58. The predicted molar refractivity (Wildman–Crippen MR) is 115 cm³/mol. The molecule has 2 N–H and O–H groups in total. The minimum atomic E-state index is -1.00. The number of rotatable bonds is 8. The highest BCUT2D eigenvalue weighted by Gasteiger charge is 2.21. The number of allylic oxidation sites excluding steroid dienone is 2. The molecular formula is C23H31NO6. The second kappa shape index (κ2) is 13.9. The van der Waals surface area contributed by atoms with Crippen LogP contribution >= 0.6 is 0 Å². The van der Waals surface area contributed by atoms with Crippen LogP contribution in [-0.2, 0) is 14.3 Å². The van der Waals surface area contributed by atoms with Crippen molar-refractivity contribution >= 4 is 18.0 Å². The Hall–Kier alpha value is -3.19. The largest absolute Gasteiger partial charge is 0.478 e. The van der Waals surface area contributed by atoms with E-state index in [-0.39, 0.29) is 11.1 Å². The molecule has 0 fully saturated rings. The fourth-order valence-electron chi connectivity index (χ4n) is 1.92. The molecule has 0 aliphatic heterocycles. The molecule has 164 valence electrons. The van der Waals surface area contributed by atoms with Crippen molar-refractivity contribution in [2.75, 3.05) is 13.1 Å². The number of carboxylic acid groups (broad SMARTS) is 2. The van der Waals surface area contributed by atoms with Gasteiger partial charge in [0.05, 0.1) is 0 Å². The van der Waals surface area contributed by atoms with Crippen molar-refractivity contribution in [3.63, 3.8) is 0 Å². The minimum Gasteiger partial charge on any atom is -0.478 e. The van der Waals surface area contributed by atoms with Gasteiger partial charge in [-0.2, -0.15) is 0 Å². The van der Waals surface area contributed by atoms with Gasteiger partial charge in [0.25, 0.3) is 0 Å². The second-order valence-corrected chi connectivity index (χ2v) is 7.58. The number of carbonyl (C=O) groups is 3. The summed E-state index contributed by atoms with van der Waals surface area (Å²) in [6, 6.07) is 0. The van der Waals surface area contributed by atoms with Crippen molar-refractivity contribution < 1.29 is 29.3 Å². The Morgan fingerprint density at radius 2 is 1.27 bits per heavy atom. The zero-order valence-corrected chi connectivity index (χ0v) is 18.4. The number of unbranched alkanes of at least 4 members (excludes halogenated alkanes) is 2. The van der Waals surface area contributed by atoms with E-state index in [1.54, 1.807) is 25.7 Å². The number of hydrogen-bond donors (Lipinski definition) is 2. The van der Waals surface area contributed by atoms with E-state index in [4.69, 9.17) is 14.9 Å². The van der Waals surface area contributed by atoms with Gasteiger partial charge in [0.15, 0.2) is 0 Å². The molecule has 0 atom stereocenters. The fraction of sp³-hybridized carbons (Fsp3) is 0.522. The molecule has 1 amide bonds. The average Bonchev–Trinajstić information content (AvgIpc) is 2.63. The summed E-state index contributed by atoms with van der Waals surface area (Å²) in [7, 11) is 0. The van der Waals surface area contributed by atoms with Crippen molar-refractivity contribution in [1.82, 2.24) is 4.90 Å². The minimum absolute atomic E-state index is 0.174. The Labute approximate surface area is 178 Å². The van der Waals surface area contributed by atoms with Crippen molar-refractivity contribution in [2.24, 2.45) is 0 Å². The quantitative estimate of drug-likeness (QED) is 0.353. The third-order valence-electron chi connectivity index (χ3n) is 3.57. The lowest BCUT2D eigenvalue weighted by atomic mass is 10.2. The molecule has 0 spiro atoms. The Kier molecular flexibility index (Phi) is 12.4. The lowest BCUT2D eigenvalue weighted by molar-refractivity contribution is -0.133. The van der Waals surface area contributed by atoms with Gasteiger partial charge in [-0.1, -0.05) is 23.7 Å². The second-order valence-electron chi connectivity index (χ2n) is 7.58. The summed E-state index contributed by atoms with van der Waals surface area (Å²) in [5.41, 5.74) is -0.257. The molecule has 0 saturated carbocycles. The zero-order valence-electron chi connectivity index (χ0n) is 18.4. The number of aliphatic carboxylic acids is 2. The summed E-state index contributed by atoms with van der Waals surface area (Å²) in [4.78, 5) is 35.4. The summed E-state index contributed by atoms with van der Waals surface area (Å²) in [6.45, 7) is 9.26. The molecule has 7 nitrogen and oxygen atoms in total. The van der Waals surface area contributed by atoms with Crippen LogP contribution < -0.4 is 0 Å². The van der Waals surface area contributed by atoms with Crippen molar-refractivity contribution in [3.8, 4) is 23.7 Å². The van der Waals surface area contributed by atoms with Gasteiger partial charge < -0.3 is 19.8 Å². The maximum absolute atomic E-state index is 12.4. The van der Waals surface area contributed by atoms with Crippen molar-refractivity contribution in [2.45, 2.75) is 65.9 Å². The van der Waals surface area contributed by atoms with E-state index in [0.717, 1.165) is 0 Å². The third-order valence-corrected chi connectivity index (χ3v) is 3.57. The van der Waals surface area contributed by atoms with Gasteiger partial charge in [0.1, 0.15) is 5.60 Å². The summed E-state index contributed by atoms with van der Waals surface area (Å²) in [5.74, 6) is 9.13. The number of ether oxygens (including phenoxy) is 1. The first-order chi connectivity index (χ1) is 13.9. The first-order valence-electron chi connectivity index (χ1n) is 9.69. The molecule has 0 aliphatic rings. The lowest BCUT2D eigenvalue weighted by Gasteiger charge is -2.27. The summed E-state index contributed by atoms with van der Waals surface area (Å²) < 4.78 is 5.44. The van der Waals surface area contributed by atoms with E-state index in [0.29, 0.717) is 38.8 Å². The van der Waals surface area contributed by atoms with Crippen LogP contribution in [0.1, 0.15) is 60.3 Å². The number of nitrogens with zero attached hydrogens (tertiary/aromatic N) is 1. The molecule has 7 heteroatoms. The molecule has 30 heavy (non-hydrogen) atoms. The van der Waals surface area contributed by atoms with Gasteiger partial charge in [-0.15, -0.1) is 0 Å². The molecular weight excluding hydrogens is 386 g/mol. The van der Waals surface area contributed by atoms with Crippen LogP contribution in [0.3, 0.4) is 0 Å². The molecule has 0 heterocycles. The maximum atomic E-state index is 12.4. The SMILES string of the molecule is C/C(=C/C#CCCCN(CCCC#C/C=C(/C)C(=O)O)C(=O)OC(C)(C)C)C(=O)O. The third kappa shape index (κ3) is 13.9.